The maximum atomic E-state index is 14.9. The van der Waals surface area contributed by atoms with E-state index in [0.717, 1.165) is 22.8 Å². The van der Waals surface area contributed by atoms with Crippen LogP contribution in [0.3, 0.4) is 0 Å². The summed E-state index contributed by atoms with van der Waals surface area (Å²) in [6, 6.07) is 19.9. The molecule has 0 amide bonds. The molecule has 1 aliphatic heterocycles. The second kappa shape index (κ2) is 7.92. The molecule has 5 rings (SSSR count). The van der Waals surface area contributed by atoms with Crippen molar-refractivity contribution in [2.24, 2.45) is 0 Å². The number of hydrogen-bond acceptors (Lipinski definition) is 3. The summed E-state index contributed by atoms with van der Waals surface area (Å²) < 4.78 is 17.0. The van der Waals surface area contributed by atoms with Crippen LogP contribution in [0, 0.1) is 12.7 Å². The fraction of sp³-hybridized carbons (Fsp3) is 0.125. The zero-order valence-electron chi connectivity index (χ0n) is 16.8. The fourth-order valence-corrected chi connectivity index (χ4v) is 4.53. The van der Waals surface area contributed by atoms with Crippen molar-refractivity contribution < 1.29 is 4.39 Å². The standard InChI is InChI=1S/C24H20FN5S/c1-16-11-12-21(29(16)17-7-6-13-26-15-17)23-22(19-9-4-5-14-27-19)28-24(31)30(23)20-10-3-2-8-18(20)25/h2-15,22-23H,1H3,(H,28,31)/t22-,23-/m1/s1. The van der Waals surface area contributed by atoms with E-state index < -0.39 is 0 Å². The molecule has 0 aliphatic carbocycles. The lowest BCUT2D eigenvalue weighted by Gasteiger charge is -2.29. The van der Waals surface area contributed by atoms with Crippen molar-refractivity contribution in [2.75, 3.05) is 4.90 Å². The Kier molecular flexibility index (Phi) is 4.95. The number of rotatable bonds is 4. The number of thiocarbonyl (C=S) groups is 1. The molecule has 2 atom stereocenters. The third kappa shape index (κ3) is 3.37. The van der Waals surface area contributed by atoms with Crippen molar-refractivity contribution >= 4 is 23.0 Å². The Morgan fingerprint density at radius 1 is 0.968 bits per heavy atom. The van der Waals surface area contributed by atoms with E-state index in [1.165, 1.54) is 6.07 Å². The maximum Gasteiger partial charge on any atom is 0.174 e. The Morgan fingerprint density at radius 3 is 2.55 bits per heavy atom. The molecule has 3 aromatic heterocycles. The number of nitrogens with zero attached hydrogens (tertiary/aromatic N) is 4. The summed E-state index contributed by atoms with van der Waals surface area (Å²) in [6.45, 7) is 2.04. The highest BCUT2D eigenvalue weighted by molar-refractivity contribution is 7.80. The summed E-state index contributed by atoms with van der Waals surface area (Å²) >= 11 is 5.70. The quantitative estimate of drug-likeness (QED) is 0.468. The smallest absolute Gasteiger partial charge is 0.174 e. The largest absolute Gasteiger partial charge is 0.351 e. The molecule has 0 unspecified atom stereocenters. The average molecular weight is 430 g/mol. The van der Waals surface area contributed by atoms with Gasteiger partial charge in [-0.05, 0) is 67.7 Å². The predicted octanol–water partition coefficient (Wildman–Crippen LogP) is 4.89. The zero-order valence-corrected chi connectivity index (χ0v) is 17.6. The van der Waals surface area contributed by atoms with Crippen molar-refractivity contribution in [1.29, 1.82) is 0 Å². The van der Waals surface area contributed by atoms with Gasteiger partial charge in [0.25, 0.3) is 0 Å². The van der Waals surface area contributed by atoms with Gasteiger partial charge in [0, 0.05) is 23.8 Å². The van der Waals surface area contributed by atoms with Crippen molar-refractivity contribution in [3.8, 4) is 5.69 Å². The number of benzene rings is 1. The van der Waals surface area contributed by atoms with Gasteiger partial charge in [0.15, 0.2) is 5.11 Å². The molecular formula is C24H20FN5S. The van der Waals surface area contributed by atoms with E-state index in [1.807, 2.05) is 54.4 Å². The Bertz CT molecular complexity index is 1230. The highest BCUT2D eigenvalue weighted by Gasteiger charge is 2.43. The number of pyridine rings is 2. The summed E-state index contributed by atoms with van der Waals surface area (Å²) in [5, 5.41) is 3.84. The normalized spacial score (nSPS) is 18.3. The predicted molar refractivity (Wildman–Crippen MR) is 123 cm³/mol. The molecule has 1 N–H and O–H groups in total. The van der Waals surface area contributed by atoms with Gasteiger partial charge in [0.05, 0.1) is 29.3 Å². The summed E-state index contributed by atoms with van der Waals surface area (Å²) in [7, 11) is 0. The van der Waals surface area contributed by atoms with Gasteiger partial charge >= 0.3 is 0 Å². The second-order valence-corrected chi connectivity index (χ2v) is 7.78. The van der Waals surface area contributed by atoms with E-state index in [1.54, 1.807) is 24.5 Å². The lowest BCUT2D eigenvalue weighted by molar-refractivity contribution is 0.540. The number of halogens is 1. The van der Waals surface area contributed by atoms with Crippen LogP contribution in [0.2, 0.25) is 0 Å². The number of anilines is 1. The first-order valence-electron chi connectivity index (χ1n) is 9.99. The first kappa shape index (κ1) is 19.4. The molecule has 5 nitrogen and oxygen atoms in total. The van der Waals surface area contributed by atoms with E-state index in [4.69, 9.17) is 12.2 Å². The first-order chi connectivity index (χ1) is 15.1. The Balaban J connectivity index is 1.72. The third-order valence-electron chi connectivity index (χ3n) is 5.52. The van der Waals surface area contributed by atoms with Gasteiger partial charge in [0.1, 0.15) is 11.9 Å². The number of para-hydroxylation sites is 1. The maximum absolute atomic E-state index is 14.9. The van der Waals surface area contributed by atoms with E-state index in [-0.39, 0.29) is 17.9 Å². The number of aromatic nitrogens is 3. The van der Waals surface area contributed by atoms with Gasteiger partial charge < -0.3 is 14.8 Å². The highest BCUT2D eigenvalue weighted by atomic mass is 32.1. The van der Waals surface area contributed by atoms with E-state index in [0.29, 0.717) is 10.8 Å². The van der Waals surface area contributed by atoms with Crippen LogP contribution in [0.5, 0.6) is 0 Å². The van der Waals surface area contributed by atoms with Gasteiger partial charge in [-0.15, -0.1) is 0 Å². The lowest BCUT2D eigenvalue weighted by Crippen LogP contribution is -2.31. The van der Waals surface area contributed by atoms with Gasteiger partial charge in [-0.1, -0.05) is 18.2 Å². The van der Waals surface area contributed by atoms with Crippen molar-refractivity contribution in [3.05, 3.63) is 108 Å². The van der Waals surface area contributed by atoms with E-state index in [9.17, 15) is 4.39 Å². The van der Waals surface area contributed by atoms with Crippen LogP contribution in [0.1, 0.15) is 29.2 Å². The van der Waals surface area contributed by atoms with Crippen LogP contribution in [0.25, 0.3) is 5.69 Å². The lowest BCUT2D eigenvalue weighted by atomic mass is 10.0. The van der Waals surface area contributed by atoms with E-state index in [2.05, 4.69) is 32.0 Å². The molecule has 31 heavy (non-hydrogen) atoms. The van der Waals surface area contributed by atoms with E-state index >= 15 is 0 Å². The van der Waals surface area contributed by atoms with Crippen LogP contribution in [-0.4, -0.2) is 19.6 Å². The number of hydrogen-bond donors (Lipinski definition) is 1. The van der Waals surface area contributed by atoms with Crippen LogP contribution in [0.15, 0.2) is 85.3 Å². The van der Waals surface area contributed by atoms with Crippen LogP contribution in [0.4, 0.5) is 10.1 Å². The molecule has 1 aromatic carbocycles. The highest BCUT2D eigenvalue weighted by Crippen LogP contribution is 2.43. The molecule has 1 saturated heterocycles. The van der Waals surface area contributed by atoms with Crippen LogP contribution < -0.4 is 10.2 Å². The summed E-state index contributed by atoms with van der Waals surface area (Å²) in [4.78, 5) is 10.7. The molecule has 0 radical (unpaired) electrons. The first-order valence-corrected chi connectivity index (χ1v) is 10.4. The molecule has 0 bridgehead atoms. The molecule has 0 saturated carbocycles. The average Bonchev–Trinajstić information content (AvgIpc) is 3.35. The molecule has 7 heteroatoms. The summed E-state index contributed by atoms with van der Waals surface area (Å²) in [6.07, 6.45) is 5.32. The molecule has 154 valence electrons. The van der Waals surface area contributed by atoms with Crippen LogP contribution in [-0.2, 0) is 0 Å². The monoisotopic (exact) mass is 429 g/mol. The number of nitrogens with one attached hydrogen (secondary N) is 1. The SMILES string of the molecule is Cc1ccc([C@@H]2[C@@H](c3ccccn3)NC(=S)N2c2ccccc2F)n1-c1cccnc1. The van der Waals surface area contributed by atoms with Crippen LogP contribution >= 0.6 is 12.2 Å². The second-order valence-electron chi connectivity index (χ2n) is 7.39. The van der Waals surface area contributed by atoms with Crippen molar-refractivity contribution in [3.63, 3.8) is 0 Å². The topological polar surface area (TPSA) is 46.0 Å². The fourth-order valence-electron chi connectivity index (χ4n) is 4.19. The molecule has 0 spiro atoms. The van der Waals surface area contributed by atoms with Gasteiger partial charge in [-0.25, -0.2) is 4.39 Å². The van der Waals surface area contributed by atoms with Gasteiger partial charge in [0.2, 0.25) is 0 Å². The third-order valence-corrected chi connectivity index (χ3v) is 5.84. The van der Waals surface area contributed by atoms with Crippen molar-refractivity contribution in [2.45, 2.75) is 19.0 Å². The zero-order chi connectivity index (χ0) is 21.4. The number of aryl methyl sites for hydroxylation is 1. The minimum atomic E-state index is -0.325. The van der Waals surface area contributed by atoms with Crippen molar-refractivity contribution in [1.82, 2.24) is 19.9 Å². The minimum Gasteiger partial charge on any atom is -0.351 e. The summed E-state index contributed by atoms with van der Waals surface area (Å²) in [5.41, 5.74) is 4.22. The Labute approximate surface area is 185 Å². The van der Waals surface area contributed by atoms with Gasteiger partial charge in [-0.2, -0.15) is 0 Å². The molecule has 4 heterocycles. The molecular weight excluding hydrogens is 409 g/mol. The Hall–Kier alpha value is -3.58. The summed E-state index contributed by atoms with van der Waals surface area (Å²) in [5.74, 6) is -0.325. The molecule has 4 aromatic rings. The Morgan fingerprint density at radius 2 is 1.81 bits per heavy atom. The van der Waals surface area contributed by atoms with Gasteiger partial charge in [-0.3, -0.25) is 9.97 Å². The molecule has 1 aliphatic rings. The minimum absolute atomic E-state index is 0.252. The molecule has 1 fully saturated rings.